The summed E-state index contributed by atoms with van der Waals surface area (Å²) < 4.78 is 5.54. The highest BCUT2D eigenvalue weighted by Gasteiger charge is 2.30. The third-order valence-electron chi connectivity index (χ3n) is 6.47. The highest BCUT2D eigenvalue weighted by Crippen LogP contribution is 2.33. The number of para-hydroxylation sites is 1. The second-order valence-corrected chi connectivity index (χ2v) is 8.48. The summed E-state index contributed by atoms with van der Waals surface area (Å²) in [7, 11) is 0. The Kier molecular flexibility index (Phi) is 5.24. The van der Waals surface area contributed by atoms with Crippen LogP contribution in [0.15, 0.2) is 48.5 Å². The molecule has 160 valence electrons. The zero-order chi connectivity index (χ0) is 21.4. The van der Waals surface area contributed by atoms with Crippen LogP contribution in [0.25, 0.3) is 10.9 Å². The largest absolute Gasteiger partial charge is 0.454 e. The molecule has 31 heavy (non-hydrogen) atoms. The van der Waals surface area contributed by atoms with Gasteiger partial charge in [0, 0.05) is 42.6 Å². The number of benzene rings is 2. The van der Waals surface area contributed by atoms with E-state index in [-0.39, 0.29) is 18.0 Å². The van der Waals surface area contributed by atoms with Gasteiger partial charge in [-0.25, -0.2) is 4.79 Å². The molecule has 1 saturated heterocycles. The quantitative estimate of drug-likeness (QED) is 0.639. The van der Waals surface area contributed by atoms with E-state index in [1.54, 1.807) is 0 Å². The maximum Gasteiger partial charge on any atom is 0.339 e. The number of hydrogen-bond donors (Lipinski definition) is 1. The monoisotopic (exact) mass is 417 g/mol. The van der Waals surface area contributed by atoms with Crippen LogP contribution in [0, 0.1) is 6.92 Å². The highest BCUT2D eigenvalue weighted by atomic mass is 16.5. The summed E-state index contributed by atoms with van der Waals surface area (Å²) in [4.78, 5) is 32.5. The van der Waals surface area contributed by atoms with Gasteiger partial charge in [-0.15, -0.1) is 0 Å². The van der Waals surface area contributed by atoms with E-state index < -0.39 is 0 Å². The summed E-state index contributed by atoms with van der Waals surface area (Å²) in [6.45, 7) is 6.20. The standard InChI is InChI=1S/C25H27N3O3/c1-17-6-4-7-18-16-21(26-23(17)18)24(29)28-14-12-27(13-15-28)11-5-10-22-19-8-2-3-9-20(19)25(30)31-22/h2-4,6-9,16,22,26H,5,10-15H2,1H3. The van der Waals surface area contributed by atoms with E-state index in [1.165, 1.54) is 0 Å². The van der Waals surface area contributed by atoms with Crippen LogP contribution < -0.4 is 0 Å². The third-order valence-corrected chi connectivity index (χ3v) is 6.47. The van der Waals surface area contributed by atoms with Crippen molar-refractivity contribution in [2.75, 3.05) is 32.7 Å². The summed E-state index contributed by atoms with van der Waals surface area (Å²) in [5.74, 6) is -0.135. The lowest BCUT2D eigenvalue weighted by Gasteiger charge is -2.34. The van der Waals surface area contributed by atoms with E-state index in [1.807, 2.05) is 47.4 Å². The van der Waals surface area contributed by atoms with E-state index in [9.17, 15) is 9.59 Å². The zero-order valence-electron chi connectivity index (χ0n) is 17.8. The van der Waals surface area contributed by atoms with Gasteiger partial charge in [0.1, 0.15) is 11.8 Å². The number of H-pyrrole nitrogens is 1. The fraction of sp³-hybridized carbons (Fsp3) is 0.360. The lowest BCUT2D eigenvalue weighted by Crippen LogP contribution is -2.48. The van der Waals surface area contributed by atoms with Crippen molar-refractivity contribution < 1.29 is 14.3 Å². The minimum atomic E-state index is -0.208. The molecule has 1 N–H and O–H groups in total. The van der Waals surface area contributed by atoms with E-state index in [0.717, 1.165) is 67.6 Å². The molecule has 1 atom stereocenters. The Balaban J connectivity index is 1.12. The molecule has 3 aromatic rings. The molecular formula is C25H27N3O3. The normalized spacial score (nSPS) is 18.9. The van der Waals surface area contributed by atoms with Crippen LogP contribution in [0.1, 0.15) is 50.9 Å². The molecule has 1 fully saturated rings. The topological polar surface area (TPSA) is 65.6 Å². The molecule has 5 rings (SSSR count). The van der Waals surface area contributed by atoms with Crippen molar-refractivity contribution in [3.05, 3.63) is 70.9 Å². The van der Waals surface area contributed by atoms with Crippen LogP contribution in [0.2, 0.25) is 0 Å². The van der Waals surface area contributed by atoms with Gasteiger partial charge < -0.3 is 14.6 Å². The van der Waals surface area contributed by atoms with Crippen molar-refractivity contribution in [3.8, 4) is 0 Å². The summed E-state index contributed by atoms with van der Waals surface area (Å²) in [6.07, 6.45) is 1.66. The van der Waals surface area contributed by atoms with Crippen molar-refractivity contribution in [1.82, 2.24) is 14.8 Å². The summed E-state index contributed by atoms with van der Waals surface area (Å²) >= 11 is 0. The number of nitrogens with zero attached hydrogens (tertiary/aromatic N) is 2. The molecule has 2 aliphatic heterocycles. The summed E-state index contributed by atoms with van der Waals surface area (Å²) in [6, 6.07) is 15.7. The van der Waals surface area contributed by atoms with Crippen molar-refractivity contribution in [2.45, 2.75) is 25.9 Å². The molecule has 2 aliphatic rings. The number of esters is 1. The SMILES string of the molecule is Cc1cccc2cc(C(=O)N3CCN(CCCC4OC(=O)c5ccccc54)CC3)[nH]c12. The molecule has 0 spiro atoms. The third kappa shape index (κ3) is 3.83. The second-order valence-electron chi connectivity index (χ2n) is 8.48. The highest BCUT2D eigenvalue weighted by molar-refractivity contribution is 5.98. The van der Waals surface area contributed by atoms with Crippen LogP contribution in [0.4, 0.5) is 0 Å². The summed E-state index contributed by atoms with van der Waals surface area (Å²) in [5.41, 5.74) is 4.57. The Morgan fingerprint density at radius 2 is 1.90 bits per heavy atom. The van der Waals surface area contributed by atoms with Gasteiger partial charge in [0.2, 0.25) is 0 Å². The van der Waals surface area contributed by atoms with E-state index >= 15 is 0 Å². The van der Waals surface area contributed by atoms with E-state index in [0.29, 0.717) is 11.3 Å². The van der Waals surface area contributed by atoms with Gasteiger partial charge in [0.25, 0.3) is 5.91 Å². The lowest BCUT2D eigenvalue weighted by atomic mass is 10.0. The lowest BCUT2D eigenvalue weighted by molar-refractivity contribution is 0.0353. The van der Waals surface area contributed by atoms with Crippen molar-refractivity contribution in [3.63, 3.8) is 0 Å². The molecule has 0 radical (unpaired) electrons. The second kappa shape index (κ2) is 8.19. The number of cyclic esters (lactones) is 1. The number of amides is 1. The number of fused-ring (bicyclic) bond motifs is 2. The first-order chi connectivity index (χ1) is 15.1. The Bertz CT molecular complexity index is 1130. The van der Waals surface area contributed by atoms with Crippen LogP contribution in [-0.2, 0) is 4.74 Å². The van der Waals surface area contributed by atoms with Gasteiger partial charge in [0.15, 0.2) is 0 Å². The molecule has 1 aromatic heterocycles. The average molecular weight is 418 g/mol. The predicted molar refractivity (Wildman–Crippen MR) is 119 cm³/mol. The molecule has 0 saturated carbocycles. The molecule has 0 aliphatic carbocycles. The van der Waals surface area contributed by atoms with Gasteiger partial charge in [-0.3, -0.25) is 9.69 Å². The van der Waals surface area contributed by atoms with Gasteiger partial charge in [-0.1, -0.05) is 36.4 Å². The van der Waals surface area contributed by atoms with E-state index in [2.05, 4.69) is 22.9 Å². The van der Waals surface area contributed by atoms with Crippen LogP contribution in [-0.4, -0.2) is 59.4 Å². The van der Waals surface area contributed by atoms with Gasteiger partial charge in [0.05, 0.1) is 5.56 Å². The Labute approximate surface area is 181 Å². The van der Waals surface area contributed by atoms with Crippen molar-refractivity contribution in [1.29, 1.82) is 0 Å². The Hall–Kier alpha value is -3.12. The minimum absolute atomic E-state index is 0.0738. The number of nitrogens with one attached hydrogen (secondary N) is 1. The van der Waals surface area contributed by atoms with Gasteiger partial charge >= 0.3 is 5.97 Å². The van der Waals surface area contributed by atoms with Crippen LogP contribution >= 0.6 is 0 Å². The fourth-order valence-electron chi connectivity index (χ4n) is 4.70. The Morgan fingerprint density at radius 1 is 1.10 bits per heavy atom. The number of carbonyl (C=O) groups is 2. The Morgan fingerprint density at radius 3 is 2.71 bits per heavy atom. The average Bonchev–Trinajstić information content (AvgIpc) is 3.37. The van der Waals surface area contributed by atoms with E-state index in [4.69, 9.17) is 4.74 Å². The summed E-state index contributed by atoms with van der Waals surface area (Å²) in [5, 5.41) is 1.08. The van der Waals surface area contributed by atoms with Gasteiger partial charge in [-0.2, -0.15) is 0 Å². The predicted octanol–water partition coefficient (Wildman–Crippen LogP) is 3.93. The molecule has 3 heterocycles. The van der Waals surface area contributed by atoms with Gasteiger partial charge in [-0.05, 0) is 44.0 Å². The molecule has 1 amide bonds. The maximum atomic E-state index is 13.0. The number of aromatic nitrogens is 1. The smallest absolute Gasteiger partial charge is 0.339 e. The van der Waals surface area contributed by atoms with Crippen molar-refractivity contribution >= 4 is 22.8 Å². The molecule has 2 aromatic carbocycles. The number of piperazine rings is 1. The molecule has 6 heteroatoms. The first-order valence-electron chi connectivity index (χ1n) is 11.0. The number of carbonyl (C=O) groups excluding carboxylic acids is 2. The number of ether oxygens (including phenoxy) is 1. The number of hydrogen-bond acceptors (Lipinski definition) is 4. The first-order valence-corrected chi connectivity index (χ1v) is 11.0. The van der Waals surface area contributed by atoms with Crippen molar-refractivity contribution in [2.24, 2.45) is 0 Å². The van der Waals surface area contributed by atoms with Crippen LogP contribution in [0.5, 0.6) is 0 Å². The molecule has 6 nitrogen and oxygen atoms in total. The zero-order valence-corrected chi connectivity index (χ0v) is 17.8. The number of rotatable bonds is 5. The minimum Gasteiger partial charge on any atom is -0.454 e. The number of aryl methyl sites for hydroxylation is 1. The fourth-order valence-corrected chi connectivity index (χ4v) is 4.70. The molecular weight excluding hydrogens is 390 g/mol. The number of aromatic amines is 1. The molecule has 0 bridgehead atoms. The first kappa shape index (κ1) is 19.8. The maximum absolute atomic E-state index is 13.0. The van der Waals surface area contributed by atoms with Crippen LogP contribution in [0.3, 0.4) is 0 Å². The molecule has 1 unspecified atom stereocenters.